The number of imide groups is 1. The van der Waals surface area contributed by atoms with Gasteiger partial charge in [0.15, 0.2) is 5.78 Å². The van der Waals surface area contributed by atoms with Gasteiger partial charge in [0, 0.05) is 54.8 Å². The van der Waals surface area contributed by atoms with Crippen molar-refractivity contribution in [2.24, 2.45) is 17.3 Å². The van der Waals surface area contributed by atoms with Crippen LogP contribution < -0.4 is 10.6 Å². The Morgan fingerprint density at radius 1 is 0.558 bits per heavy atom. The van der Waals surface area contributed by atoms with Gasteiger partial charge in [-0.3, -0.25) is 43.0 Å². The van der Waals surface area contributed by atoms with Crippen molar-refractivity contribution >= 4 is 57.1 Å². The molecule has 3 rings (SSSR count). The van der Waals surface area contributed by atoms with Crippen LogP contribution in [0.4, 0.5) is 5.69 Å². The zero-order valence-corrected chi connectivity index (χ0v) is 62.6. The molecule has 34 heteroatoms. The molecule has 33 nitrogen and oxygen atoms in total. The van der Waals surface area contributed by atoms with Crippen molar-refractivity contribution in [2.45, 2.75) is 79.1 Å². The standard InChI is InChI=1S/C70H114N4O29S/c1-55(2)62(51-61(75)52-73-60(54-102-47-48-104(82,83)84)50-63(68(73)80)74-64(76)12-13-65(74)77)67(79)71-56(3)66(78)72-59-11-10-58(53-103-69(81)70(4,5)6)57(49-59)9-8-14-86-17-18-88-21-22-90-25-26-92-29-30-94-33-34-96-37-38-98-41-42-100-45-46-101-44-43-99-40-39-97-36-35-95-32-31-93-28-27-91-24-23-89-20-19-87-16-15-85-7/h10-13,49,55-56,60,62-63H,14-48,50-54H2,1-7H3,(H,71,79)(H,72,78)(H,82,83,84)/t56-,60-,62-,63-/m0/s1. The number of rotatable bonds is 66. The van der Waals surface area contributed by atoms with Gasteiger partial charge in [0.25, 0.3) is 21.9 Å². The topological polar surface area (TPSA) is 380 Å². The minimum atomic E-state index is -4.36. The predicted octanol–water partition coefficient (Wildman–Crippen LogP) is 1.51. The SMILES string of the molecule is COCCOCCOCCOCCOCCOCCOCCOCCOCCOCCOCCOCCOCCOCCOCCOCCOCC#Cc1cc(NC(=O)[C@H](C)NC(=O)[C@@H](CC(=O)CN2C(=O)[C@@H](N3C(=O)C=CC3=O)C[C@H]2COCCS(=O)(=O)O)C(C)C)ccc1COC(=O)C(C)(C)C. The zero-order chi connectivity index (χ0) is 75.9. The summed E-state index contributed by atoms with van der Waals surface area (Å²) in [5.74, 6) is -0.476. The van der Waals surface area contributed by atoms with Crippen LogP contribution in [0.1, 0.15) is 65.5 Å². The lowest BCUT2D eigenvalue weighted by molar-refractivity contribution is -0.154. The normalized spacial score (nSPS) is 15.3. The summed E-state index contributed by atoms with van der Waals surface area (Å²) in [5.41, 5.74) is 0.543. The van der Waals surface area contributed by atoms with Gasteiger partial charge in [0.2, 0.25) is 17.7 Å². The maximum Gasteiger partial charge on any atom is 0.311 e. The van der Waals surface area contributed by atoms with E-state index < -0.39 is 106 Å². The lowest BCUT2D eigenvalue weighted by Crippen LogP contribution is -2.48. The molecule has 4 atom stereocenters. The predicted molar refractivity (Wildman–Crippen MR) is 374 cm³/mol. The first-order valence-corrected chi connectivity index (χ1v) is 36.8. The fraction of sp³-hybridized carbons (Fsp3) is 0.757. The number of carbonyl (C=O) groups excluding carboxylic acids is 7. The second-order valence-electron chi connectivity index (χ2n) is 24.7. The van der Waals surface area contributed by atoms with E-state index in [0.717, 1.165) is 22.0 Å². The van der Waals surface area contributed by atoms with Crippen LogP contribution in [0.3, 0.4) is 0 Å². The van der Waals surface area contributed by atoms with Gasteiger partial charge in [0.1, 0.15) is 25.3 Å². The third-order valence-corrected chi connectivity index (χ3v) is 15.6. The maximum absolute atomic E-state index is 13.7. The molecule has 1 aromatic rings. The lowest BCUT2D eigenvalue weighted by Gasteiger charge is -2.26. The first-order chi connectivity index (χ1) is 50.1. The van der Waals surface area contributed by atoms with E-state index in [-0.39, 0.29) is 45.9 Å². The number of likely N-dealkylation sites (tertiary alicyclic amines) is 1. The Morgan fingerprint density at radius 2 is 0.952 bits per heavy atom. The summed E-state index contributed by atoms with van der Waals surface area (Å²) in [7, 11) is -2.73. The highest BCUT2D eigenvalue weighted by molar-refractivity contribution is 7.85. The second-order valence-corrected chi connectivity index (χ2v) is 26.2. The van der Waals surface area contributed by atoms with E-state index >= 15 is 0 Å². The second kappa shape index (κ2) is 57.6. The molecule has 0 unspecified atom stereocenters. The van der Waals surface area contributed by atoms with E-state index in [1.807, 2.05) is 0 Å². The molecule has 5 amide bonds. The summed E-state index contributed by atoms with van der Waals surface area (Å²) in [6.45, 7) is 23.1. The van der Waals surface area contributed by atoms with E-state index in [9.17, 15) is 42.0 Å². The molecule has 3 N–H and O–H groups in total. The van der Waals surface area contributed by atoms with Crippen LogP contribution >= 0.6 is 0 Å². The lowest BCUT2D eigenvalue weighted by atomic mass is 9.89. The Morgan fingerprint density at radius 3 is 1.33 bits per heavy atom. The first-order valence-electron chi connectivity index (χ1n) is 35.2. The molecule has 1 aromatic carbocycles. The van der Waals surface area contributed by atoms with Crippen molar-refractivity contribution in [1.29, 1.82) is 0 Å². The number of ether oxygens (including phenoxy) is 19. The quantitative estimate of drug-likeness (QED) is 0.0273. The van der Waals surface area contributed by atoms with Crippen LogP contribution in [0.25, 0.3) is 0 Å². The number of esters is 1. The average molecular weight is 1510 g/mol. The number of nitrogens with zero attached hydrogens (tertiary/aromatic N) is 2. The number of Topliss-reactive ketones (excluding diaryl/α,β-unsaturated/α-hetero) is 1. The average Bonchev–Trinajstić information content (AvgIpc) is 1.63. The summed E-state index contributed by atoms with van der Waals surface area (Å²) < 4.78 is 136. The number of amides is 5. The molecule has 0 aromatic heterocycles. The molecule has 2 aliphatic rings. The van der Waals surface area contributed by atoms with Gasteiger partial charge in [-0.15, -0.1) is 0 Å². The molecular weight excluding hydrogens is 1390 g/mol. The Labute approximate surface area is 612 Å². The van der Waals surface area contributed by atoms with Crippen LogP contribution in [0.15, 0.2) is 30.4 Å². The van der Waals surface area contributed by atoms with E-state index in [0.29, 0.717) is 215 Å². The van der Waals surface area contributed by atoms with Crippen molar-refractivity contribution in [3.63, 3.8) is 0 Å². The van der Waals surface area contributed by atoms with Crippen molar-refractivity contribution in [3.8, 4) is 11.8 Å². The largest absolute Gasteiger partial charge is 0.460 e. The van der Waals surface area contributed by atoms with Crippen molar-refractivity contribution < 1.29 is 137 Å². The van der Waals surface area contributed by atoms with E-state index in [1.165, 1.54) is 6.92 Å². The fourth-order valence-electron chi connectivity index (χ4n) is 9.26. The van der Waals surface area contributed by atoms with Crippen LogP contribution in [0.2, 0.25) is 0 Å². The molecule has 0 radical (unpaired) electrons. The van der Waals surface area contributed by atoms with Crippen molar-refractivity contribution in [1.82, 2.24) is 15.1 Å². The van der Waals surface area contributed by atoms with E-state index in [2.05, 4.69) is 22.5 Å². The summed E-state index contributed by atoms with van der Waals surface area (Å²) in [6.07, 6.45) is 1.57. The minimum absolute atomic E-state index is 0.0286. The molecule has 594 valence electrons. The summed E-state index contributed by atoms with van der Waals surface area (Å²) in [5, 5.41) is 5.45. The summed E-state index contributed by atoms with van der Waals surface area (Å²) >= 11 is 0. The van der Waals surface area contributed by atoms with Crippen molar-refractivity contribution in [3.05, 3.63) is 41.5 Å². The number of carbonyl (C=O) groups is 7. The smallest absolute Gasteiger partial charge is 0.311 e. The van der Waals surface area contributed by atoms with E-state index in [4.69, 9.17) is 94.6 Å². The Hall–Kier alpha value is -5.60. The number of nitrogens with one attached hydrogen (secondary N) is 2. The Balaban J connectivity index is 1.17. The van der Waals surface area contributed by atoms with E-state index in [1.54, 1.807) is 59.9 Å². The Kier molecular flexibility index (Phi) is 51.3. The Bertz CT molecular complexity index is 2760. The highest BCUT2D eigenvalue weighted by Crippen LogP contribution is 2.28. The molecule has 1 saturated heterocycles. The van der Waals surface area contributed by atoms with Gasteiger partial charge in [-0.25, -0.2) is 0 Å². The molecule has 1 fully saturated rings. The highest BCUT2D eigenvalue weighted by atomic mass is 32.2. The maximum atomic E-state index is 13.7. The van der Waals surface area contributed by atoms with Gasteiger partial charge < -0.3 is 106 Å². The molecule has 0 spiro atoms. The minimum Gasteiger partial charge on any atom is -0.460 e. The third-order valence-electron chi connectivity index (χ3n) is 14.9. The molecule has 104 heavy (non-hydrogen) atoms. The number of methoxy groups -OCH3 is 1. The number of hydrogen-bond donors (Lipinski definition) is 3. The number of hydrogen-bond acceptors (Lipinski definition) is 28. The van der Waals surface area contributed by atoms with Crippen LogP contribution in [-0.2, 0) is 140 Å². The number of ketones is 1. The summed E-state index contributed by atoms with van der Waals surface area (Å²) in [6, 6.07) is 1.61. The number of benzene rings is 1. The van der Waals surface area contributed by atoms with Crippen molar-refractivity contribution in [2.75, 3.05) is 256 Å². The fourth-order valence-corrected chi connectivity index (χ4v) is 9.59. The van der Waals surface area contributed by atoms with Crippen LogP contribution in [-0.4, -0.2) is 333 Å². The summed E-state index contributed by atoms with van der Waals surface area (Å²) in [4.78, 5) is 94.2. The molecular formula is C70H114N4O29S. The van der Waals surface area contributed by atoms with Gasteiger partial charge in [-0.2, -0.15) is 8.42 Å². The monoisotopic (exact) mass is 1510 g/mol. The highest BCUT2D eigenvalue weighted by Gasteiger charge is 2.47. The molecule has 0 bridgehead atoms. The zero-order valence-electron chi connectivity index (χ0n) is 61.7. The number of anilines is 1. The molecule has 0 saturated carbocycles. The van der Waals surface area contributed by atoms with Gasteiger partial charge in [-0.05, 0) is 45.7 Å². The molecule has 2 aliphatic heterocycles. The van der Waals surface area contributed by atoms with Gasteiger partial charge in [-0.1, -0.05) is 31.8 Å². The third kappa shape index (κ3) is 44.5. The molecule has 0 aliphatic carbocycles. The van der Waals surface area contributed by atoms with Crippen LogP contribution in [0, 0.1) is 29.1 Å². The molecule has 2 heterocycles. The first kappa shape index (κ1) is 92.6. The van der Waals surface area contributed by atoms with Gasteiger partial charge in [0.05, 0.1) is 248 Å². The van der Waals surface area contributed by atoms with Gasteiger partial charge >= 0.3 is 5.97 Å². The van der Waals surface area contributed by atoms with Crippen LogP contribution in [0.5, 0.6) is 0 Å².